The van der Waals surface area contributed by atoms with Crippen molar-refractivity contribution in [1.29, 1.82) is 0 Å². The van der Waals surface area contributed by atoms with Gasteiger partial charge in [0.15, 0.2) is 0 Å². The summed E-state index contributed by atoms with van der Waals surface area (Å²) in [5.74, 6) is 0. The second-order valence-electron chi connectivity index (χ2n) is 2.45. The van der Waals surface area contributed by atoms with Gasteiger partial charge in [-0.2, -0.15) is 0 Å². The van der Waals surface area contributed by atoms with Crippen LogP contribution in [0.2, 0.25) is 0 Å². The Labute approximate surface area is 72.0 Å². The van der Waals surface area contributed by atoms with Gasteiger partial charge in [-0.1, -0.05) is 0 Å². The molecule has 0 aromatic carbocycles. The maximum absolute atomic E-state index is 5.48. The summed E-state index contributed by atoms with van der Waals surface area (Å²) in [6.45, 7) is 1.18. The van der Waals surface area contributed by atoms with Gasteiger partial charge in [0.1, 0.15) is 6.23 Å². The normalized spacial score (nSPS) is 21.8. The van der Waals surface area contributed by atoms with Crippen LogP contribution in [0.3, 0.4) is 0 Å². The predicted molar refractivity (Wildman–Crippen MR) is 46.2 cm³/mol. The minimum Gasteiger partial charge on any atom is -0.398 e. The van der Waals surface area contributed by atoms with Gasteiger partial charge >= 0.3 is 0 Å². The monoisotopic (exact) mass is 170 g/mol. The van der Waals surface area contributed by atoms with E-state index in [2.05, 4.69) is 5.32 Å². The van der Waals surface area contributed by atoms with Crippen LogP contribution >= 0.6 is 0 Å². The fourth-order valence-electron chi connectivity index (χ4n) is 0.843. The van der Waals surface area contributed by atoms with Crippen LogP contribution in [0.25, 0.3) is 0 Å². The summed E-state index contributed by atoms with van der Waals surface area (Å²) < 4.78 is 10.2. The predicted octanol–water partition coefficient (Wildman–Crippen LogP) is -0.0650. The summed E-state index contributed by atoms with van der Waals surface area (Å²) in [5, 5.41) is 2.98. The lowest BCUT2D eigenvalue weighted by Crippen LogP contribution is -2.30. The molecule has 12 heavy (non-hydrogen) atoms. The van der Waals surface area contributed by atoms with E-state index in [-0.39, 0.29) is 6.23 Å². The number of methoxy groups -OCH3 is 1. The van der Waals surface area contributed by atoms with E-state index in [4.69, 9.17) is 15.2 Å². The molecular formula is C8H14N2O2. The average Bonchev–Trinajstić information content (AvgIpc) is 2.09. The van der Waals surface area contributed by atoms with E-state index in [0.29, 0.717) is 18.9 Å². The third-order valence-corrected chi connectivity index (χ3v) is 1.46. The lowest BCUT2D eigenvalue weighted by Gasteiger charge is -2.17. The molecule has 0 spiro atoms. The highest BCUT2D eigenvalue weighted by atomic mass is 16.5. The Bertz CT molecular complexity index is 189. The molecule has 1 unspecified atom stereocenters. The topological polar surface area (TPSA) is 56.5 Å². The van der Waals surface area contributed by atoms with E-state index in [1.807, 2.05) is 12.2 Å². The van der Waals surface area contributed by atoms with E-state index in [1.165, 1.54) is 0 Å². The molecule has 1 atom stereocenters. The number of nitrogens with one attached hydrogen (secondary N) is 1. The maximum Gasteiger partial charge on any atom is 0.147 e. The molecule has 0 aliphatic carbocycles. The number of rotatable bonds is 4. The van der Waals surface area contributed by atoms with Crippen molar-refractivity contribution in [3.8, 4) is 0 Å². The zero-order valence-electron chi connectivity index (χ0n) is 7.12. The molecule has 0 amide bonds. The second kappa shape index (κ2) is 4.79. The molecular weight excluding hydrogens is 156 g/mol. The SMILES string of the molecule is COCCOC1C=CC(N)=CN1. The quantitative estimate of drug-likeness (QED) is 0.580. The van der Waals surface area contributed by atoms with Crippen molar-refractivity contribution in [3.05, 3.63) is 24.0 Å². The van der Waals surface area contributed by atoms with Crippen molar-refractivity contribution in [2.24, 2.45) is 5.73 Å². The summed E-state index contributed by atoms with van der Waals surface area (Å²) in [6.07, 6.45) is 5.32. The second-order valence-corrected chi connectivity index (χ2v) is 2.45. The van der Waals surface area contributed by atoms with E-state index >= 15 is 0 Å². The van der Waals surface area contributed by atoms with Crippen LogP contribution in [0.4, 0.5) is 0 Å². The first-order chi connectivity index (χ1) is 5.83. The van der Waals surface area contributed by atoms with Crippen LogP contribution in [0.5, 0.6) is 0 Å². The van der Waals surface area contributed by atoms with Gasteiger partial charge in [-0.3, -0.25) is 0 Å². The molecule has 1 aliphatic rings. The highest BCUT2D eigenvalue weighted by Gasteiger charge is 2.04. The number of ether oxygens (including phenoxy) is 2. The first kappa shape index (κ1) is 9.09. The molecule has 4 heteroatoms. The standard InChI is InChI=1S/C8H14N2O2/c1-11-4-5-12-8-3-2-7(9)6-10-8/h2-3,6,8,10H,4-5,9H2,1H3. The maximum atomic E-state index is 5.48. The number of hydrogen-bond donors (Lipinski definition) is 2. The van der Waals surface area contributed by atoms with Gasteiger partial charge < -0.3 is 20.5 Å². The van der Waals surface area contributed by atoms with Gasteiger partial charge in [0.2, 0.25) is 0 Å². The zero-order valence-corrected chi connectivity index (χ0v) is 7.12. The molecule has 0 radical (unpaired) electrons. The van der Waals surface area contributed by atoms with Crippen molar-refractivity contribution in [1.82, 2.24) is 5.32 Å². The summed E-state index contributed by atoms with van der Waals surface area (Å²) >= 11 is 0. The zero-order chi connectivity index (χ0) is 8.81. The van der Waals surface area contributed by atoms with Crippen LogP contribution in [-0.2, 0) is 9.47 Å². The first-order valence-electron chi connectivity index (χ1n) is 3.83. The van der Waals surface area contributed by atoms with E-state index in [0.717, 1.165) is 0 Å². The summed E-state index contributed by atoms with van der Waals surface area (Å²) in [7, 11) is 1.64. The molecule has 0 fully saturated rings. The Kier molecular flexibility index (Phi) is 3.63. The molecule has 1 rings (SSSR count). The van der Waals surface area contributed by atoms with Gasteiger partial charge in [-0.05, 0) is 12.2 Å². The largest absolute Gasteiger partial charge is 0.398 e. The lowest BCUT2D eigenvalue weighted by atomic mass is 10.3. The molecule has 1 aliphatic heterocycles. The van der Waals surface area contributed by atoms with Gasteiger partial charge in [0.05, 0.1) is 13.2 Å². The van der Waals surface area contributed by atoms with Crippen molar-refractivity contribution in [2.45, 2.75) is 6.23 Å². The average molecular weight is 170 g/mol. The molecule has 0 aromatic rings. The Morgan fingerprint density at radius 2 is 2.42 bits per heavy atom. The Hall–Kier alpha value is -1.00. The van der Waals surface area contributed by atoms with Crippen molar-refractivity contribution in [3.63, 3.8) is 0 Å². The highest BCUT2D eigenvalue weighted by Crippen LogP contribution is 1.99. The van der Waals surface area contributed by atoms with E-state index in [9.17, 15) is 0 Å². The number of nitrogens with two attached hydrogens (primary N) is 1. The van der Waals surface area contributed by atoms with Gasteiger partial charge in [0.25, 0.3) is 0 Å². The fourth-order valence-corrected chi connectivity index (χ4v) is 0.843. The molecule has 3 N–H and O–H groups in total. The molecule has 68 valence electrons. The first-order valence-corrected chi connectivity index (χ1v) is 3.83. The smallest absolute Gasteiger partial charge is 0.147 e. The molecule has 0 aromatic heterocycles. The number of hydrogen-bond acceptors (Lipinski definition) is 4. The lowest BCUT2D eigenvalue weighted by molar-refractivity contribution is 0.0299. The third kappa shape index (κ3) is 2.94. The fraction of sp³-hybridized carbons (Fsp3) is 0.500. The molecule has 0 saturated heterocycles. The van der Waals surface area contributed by atoms with Crippen LogP contribution < -0.4 is 11.1 Å². The molecule has 0 saturated carbocycles. The van der Waals surface area contributed by atoms with Crippen molar-refractivity contribution in [2.75, 3.05) is 20.3 Å². The summed E-state index contributed by atoms with van der Waals surface area (Å²) in [5.41, 5.74) is 6.19. The molecule has 1 heterocycles. The number of allylic oxidation sites excluding steroid dienone is 1. The van der Waals surface area contributed by atoms with Crippen LogP contribution in [0.15, 0.2) is 24.0 Å². The third-order valence-electron chi connectivity index (χ3n) is 1.46. The summed E-state index contributed by atoms with van der Waals surface area (Å²) in [4.78, 5) is 0. The highest BCUT2D eigenvalue weighted by molar-refractivity contribution is 5.19. The minimum absolute atomic E-state index is 0.0764. The Balaban J connectivity index is 2.16. The Morgan fingerprint density at radius 3 is 3.00 bits per heavy atom. The van der Waals surface area contributed by atoms with Gasteiger partial charge in [-0.25, -0.2) is 0 Å². The number of dihydropyridines is 1. The van der Waals surface area contributed by atoms with Crippen LogP contribution in [-0.4, -0.2) is 26.6 Å². The van der Waals surface area contributed by atoms with Crippen LogP contribution in [0.1, 0.15) is 0 Å². The van der Waals surface area contributed by atoms with Crippen molar-refractivity contribution >= 4 is 0 Å². The van der Waals surface area contributed by atoms with Crippen LogP contribution in [0, 0.1) is 0 Å². The van der Waals surface area contributed by atoms with Gasteiger partial charge in [0, 0.05) is 19.0 Å². The minimum atomic E-state index is -0.0764. The molecule has 0 bridgehead atoms. The van der Waals surface area contributed by atoms with Gasteiger partial charge in [-0.15, -0.1) is 0 Å². The van der Waals surface area contributed by atoms with E-state index in [1.54, 1.807) is 13.3 Å². The van der Waals surface area contributed by atoms with E-state index < -0.39 is 0 Å². The Morgan fingerprint density at radius 1 is 1.58 bits per heavy atom. The summed E-state index contributed by atoms with van der Waals surface area (Å²) in [6, 6.07) is 0. The van der Waals surface area contributed by atoms with Crippen molar-refractivity contribution < 1.29 is 9.47 Å². The molecule has 4 nitrogen and oxygen atoms in total.